The number of nitrogens with zero attached hydrogens (tertiary/aromatic N) is 2. The first-order valence-corrected chi connectivity index (χ1v) is 20.6. The third-order valence-corrected chi connectivity index (χ3v) is 12.4. The fourth-order valence-electron chi connectivity index (χ4n) is 9.81. The summed E-state index contributed by atoms with van der Waals surface area (Å²) in [6, 6.07) is 45.0. The summed E-state index contributed by atoms with van der Waals surface area (Å²) in [7, 11) is 0. The van der Waals surface area contributed by atoms with Crippen LogP contribution < -0.4 is 0 Å². The van der Waals surface area contributed by atoms with Gasteiger partial charge in [0.05, 0.1) is 28.0 Å². The zero-order valence-corrected chi connectivity index (χ0v) is 33.5. The number of allylic oxidation sites excluding steroid dienone is 14. The van der Waals surface area contributed by atoms with Crippen LogP contribution in [0.5, 0.6) is 0 Å². The summed E-state index contributed by atoms with van der Waals surface area (Å²) in [4.78, 5) is 10.5. The third kappa shape index (κ3) is 5.62. The number of hydrogen-bond acceptors (Lipinski definition) is 2. The highest BCUT2D eigenvalue weighted by Crippen LogP contribution is 2.64. The van der Waals surface area contributed by atoms with E-state index in [9.17, 15) is 0 Å². The summed E-state index contributed by atoms with van der Waals surface area (Å²) in [5.74, 6) is 0. The molecular formula is C57H44N2. The fourth-order valence-corrected chi connectivity index (χ4v) is 9.81. The Labute approximate surface area is 347 Å². The first-order chi connectivity index (χ1) is 29.1. The van der Waals surface area contributed by atoms with Gasteiger partial charge in [-0.15, -0.1) is 0 Å². The van der Waals surface area contributed by atoms with Gasteiger partial charge in [-0.3, -0.25) is 0 Å². The topological polar surface area (TPSA) is 25.8 Å². The van der Waals surface area contributed by atoms with Crippen LogP contribution in [0, 0.1) is 0 Å². The number of rotatable bonds is 8. The molecule has 2 heterocycles. The van der Waals surface area contributed by atoms with Crippen molar-refractivity contribution in [2.24, 2.45) is 0 Å². The summed E-state index contributed by atoms with van der Waals surface area (Å²) in [5.41, 5.74) is 19.7. The van der Waals surface area contributed by atoms with Crippen molar-refractivity contribution in [1.29, 1.82) is 0 Å². The quantitative estimate of drug-likeness (QED) is 0.114. The van der Waals surface area contributed by atoms with Crippen LogP contribution in [0.2, 0.25) is 0 Å². The van der Waals surface area contributed by atoms with E-state index in [0.717, 1.165) is 68.7 Å². The van der Waals surface area contributed by atoms with Gasteiger partial charge in [-0.1, -0.05) is 165 Å². The molecule has 0 saturated carbocycles. The molecule has 1 atom stereocenters. The Morgan fingerprint density at radius 3 is 2.10 bits per heavy atom. The molecule has 0 radical (unpaired) electrons. The molecule has 1 spiro atoms. The van der Waals surface area contributed by atoms with Crippen molar-refractivity contribution in [2.45, 2.75) is 32.1 Å². The molecule has 2 aromatic heterocycles. The van der Waals surface area contributed by atoms with Crippen LogP contribution >= 0.6 is 0 Å². The Hall–Kier alpha value is -7.16. The van der Waals surface area contributed by atoms with Crippen LogP contribution in [-0.4, -0.2) is 9.97 Å². The maximum Gasteiger partial charge on any atom is 0.0788 e. The van der Waals surface area contributed by atoms with Gasteiger partial charge in [-0.2, -0.15) is 0 Å². The summed E-state index contributed by atoms with van der Waals surface area (Å²) in [5, 5.41) is 3.56. The van der Waals surface area contributed by atoms with Gasteiger partial charge in [0, 0.05) is 16.3 Å². The first-order valence-electron chi connectivity index (χ1n) is 20.6. The van der Waals surface area contributed by atoms with Gasteiger partial charge >= 0.3 is 0 Å². The van der Waals surface area contributed by atoms with E-state index in [1.54, 1.807) is 6.08 Å². The van der Waals surface area contributed by atoms with Crippen molar-refractivity contribution >= 4 is 38.4 Å². The summed E-state index contributed by atoms with van der Waals surface area (Å²) < 4.78 is 0. The van der Waals surface area contributed by atoms with Crippen molar-refractivity contribution < 1.29 is 0 Å². The number of para-hydroxylation sites is 1. The molecule has 0 amide bonds. The molecule has 0 aliphatic heterocycles. The van der Waals surface area contributed by atoms with Gasteiger partial charge in [-0.05, 0) is 129 Å². The summed E-state index contributed by atoms with van der Waals surface area (Å²) >= 11 is 0. The van der Waals surface area contributed by atoms with Gasteiger partial charge in [0.1, 0.15) is 0 Å². The number of aromatic nitrogens is 2. The van der Waals surface area contributed by atoms with Gasteiger partial charge < -0.3 is 0 Å². The average molecular weight is 757 g/mol. The number of benzene rings is 5. The second-order valence-corrected chi connectivity index (χ2v) is 15.5. The maximum absolute atomic E-state index is 5.42. The lowest BCUT2D eigenvalue weighted by Crippen LogP contribution is -2.27. The molecule has 2 nitrogen and oxygen atoms in total. The molecule has 0 bridgehead atoms. The van der Waals surface area contributed by atoms with Crippen LogP contribution in [0.3, 0.4) is 0 Å². The van der Waals surface area contributed by atoms with Crippen LogP contribution in [-0.2, 0) is 5.41 Å². The van der Waals surface area contributed by atoms with Crippen molar-refractivity contribution in [1.82, 2.24) is 9.97 Å². The van der Waals surface area contributed by atoms with Crippen molar-refractivity contribution in [3.63, 3.8) is 0 Å². The monoisotopic (exact) mass is 756 g/mol. The van der Waals surface area contributed by atoms with E-state index in [-0.39, 0.29) is 5.41 Å². The van der Waals surface area contributed by atoms with Gasteiger partial charge in [0.25, 0.3) is 0 Å². The van der Waals surface area contributed by atoms with Crippen molar-refractivity contribution in [2.75, 3.05) is 0 Å². The lowest BCUT2D eigenvalue weighted by molar-refractivity contribution is 0.781. The lowest BCUT2D eigenvalue weighted by atomic mass is 9.69. The van der Waals surface area contributed by atoms with Gasteiger partial charge in [0.15, 0.2) is 0 Å². The minimum absolute atomic E-state index is 0.362. The van der Waals surface area contributed by atoms with E-state index in [2.05, 4.69) is 165 Å². The predicted octanol–water partition coefficient (Wildman–Crippen LogP) is 14.8. The third-order valence-electron chi connectivity index (χ3n) is 12.4. The minimum Gasteiger partial charge on any atom is -0.248 e. The average Bonchev–Trinajstić information content (AvgIpc) is 3.75. The molecule has 3 aliphatic rings. The van der Waals surface area contributed by atoms with E-state index in [1.807, 2.05) is 38.2 Å². The van der Waals surface area contributed by atoms with Crippen molar-refractivity contribution in [3.8, 4) is 33.5 Å². The van der Waals surface area contributed by atoms with Crippen LogP contribution in [0.4, 0.5) is 0 Å². The number of fused-ring (bicyclic) bond motifs is 12. The highest BCUT2D eigenvalue weighted by atomic mass is 14.7. The van der Waals surface area contributed by atoms with Gasteiger partial charge in [-0.25, -0.2) is 9.97 Å². The van der Waals surface area contributed by atoms with E-state index in [1.165, 1.54) is 55.3 Å². The molecule has 0 N–H and O–H groups in total. The Balaban J connectivity index is 1.17. The van der Waals surface area contributed by atoms with Crippen molar-refractivity contribution in [3.05, 3.63) is 234 Å². The molecular weight excluding hydrogens is 713 g/mol. The summed E-state index contributed by atoms with van der Waals surface area (Å²) in [6.45, 7) is 12.0. The van der Waals surface area contributed by atoms with E-state index in [0.29, 0.717) is 0 Å². The van der Waals surface area contributed by atoms with E-state index in [4.69, 9.17) is 9.97 Å². The molecule has 3 aliphatic carbocycles. The molecule has 7 aromatic rings. The molecule has 2 heteroatoms. The minimum atomic E-state index is -0.362. The molecule has 282 valence electrons. The lowest BCUT2D eigenvalue weighted by Gasteiger charge is -2.32. The zero-order chi connectivity index (χ0) is 40.1. The first kappa shape index (κ1) is 36.2. The molecule has 59 heavy (non-hydrogen) atoms. The largest absolute Gasteiger partial charge is 0.248 e. The van der Waals surface area contributed by atoms with Gasteiger partial charge in [0.2, 0.25) is 0 Å². The standard InChI is InChI=1S/C57H44N2/c1-5-9-19-37(7-3)54-33-41(34-55(58-54)38(8-4)20-10-6-2)39-29-31-40(32-30-39)56-48-35-47-44-23-13-17-27-51(44)57(52(47)36-46(48)45-24-14-18-28-53(45)59-56)49-25-15-11-21-42(49)43-22-12-16-26-50(43)57/h5-11,13-21,23-36H,1,4,12,22H2,2-3H3/b10-6-,19-9-,37-7+,38-20+. The second kappa shape index (κ2) is 14.7. The smallest absolute Gasteiger partial charge is 0.0788 e. The normalized spacial score (nSPS) is 17.0. The van der Waals surface area contributed by atoms with Crippen LogP contribution in [0.15, 0.2) is 201 Å². The molecule has 5 aromatic carbocycles. The maximum atomic E-state index is 5.42. The van der Waals surface area contributed by atoms with Crippen LogP contribution in [0.1, 0.15) is 60.3 Å². The van der Waals surface area contributed by atoms with E-state index < -0.39 is 0 Å². The zero-order valence-electron chi connectivity index (χ0n) is 33.5. The molecule has 0 fully saturated rings. The molecule has 1 unspecified atom stereocenters. The molecule has 0 saturated heterocycles. The molecule has 10 rings (SSSR count). The Morgan fingerprint density at radius 2 is 1.34 bits per heavy atom. The Bertz CT molecular complexity index is 3090. The van der Waals surface area contributed by atoms with E-state index >= 15 is 0 Å². The fraction of sp³-hybridized carbons (Fsp3) is 0.0877. The highest BCUT2D eigenvalue weighted by Gasteiger charge is 2.52. The predicted molar refractivity (Wildman–Crippen MR) is 251 cm³/mol. The SMILES string of the molecule is C=C/C=C\C(=C/C)c1cc(-c2ccc(-c3nc4ccccc4c4cc5c(cc34)-c3ccccc3C53C4=C(CCC=C4)c4ccccc43)cc2)cc(/C(C=C)=C/C=C\C)n1. The summed E-state index contributed by atoms with van der Waals surface area (Å²) in [6.07, 6.45) is 22.8. The number of pyridine rings is 2. The second-order valence-electron chi connectivity index (χ2n) is 15.5. The highest BCUT2D eigenvalue weighted by molar-refractivity contribution is 6.14. The Morgan fingerprint density at radius 1 is 0.627 bits per heavy atom. The van der Waals surface area contributed by atoms with Crippen LogP contribution in [0.25, 0.3) is 71.9 Å². The Kier molecular flexibility index (Phi) is 8.99. The number of hydrogen-bond donors (Lipinski definition) is 0.